The quantitative estimate of drug-likeness (QED) is 0.783. The van der Waals surface area contributed by atoms with Crippen LogP contribution in [0.15, 0.2) is 34.3 Å². The number of hydrogen-bond acceptors (Lipinski definition) is 4. The molecule has 3 nitrogen and oxygen atoms in total. The molecule has 0 radical (unpaired) electrons. The Morgan fingerprint density at radius 1 is 1.17 bits per heavy atom. The summed E-state index contributed by atoms with van der Waals surface area (Å²) >= 11 is 7.23. The second kappa shape index (κ2) is 5.38. The smallest absolute Gasteiger partial charge is 0.192 e. The van der Waals surface area contributed by atoms with E-state index in [-0.39, 0.29) is 0 Å². The van der Waals surface area contributed by atoms with Gasteiger partial charge < -0.3 is 0 Å². The normalized spacial score (nSPS) is 10.1. The van der Waals surface area contributed by atoms with Gasteiger partial charge in [0.1, 0.15) is 6.07 Å². The van der Waals surface area contributed by atoms with Crippen LogP contribution in [0, 0.1) is 25.2 Å². The first-order chi connectivity index (χ1) is 8.58. The molecule has 0 N–H and O–H groups in total. The van der Waals surface area contributed by atoms with Crippen molar-refractivity contribution in [3.63, 3.8) is 0 Å². The van der Waals surface area contributed by atoms with E-state index in [1.807, 2.05) is 26.0 Å². The molecule has 90 valence electrons. The summed E-state index contributed by atoms with van der Waals surface area (Å²) in [5, 5.41) is 10.3. The fourth-order valence-corrected chi connectivity index (χ4v) is 2.61. The van der Waals surface area contributed by atoms with Gasteiger partial charge in [0.25, 0.3) is 0 Å². The van der Waals surface area contributed by atoms with Gasteiger partial charge in [-0.3, -0.25) is 0 Å². The summed E-state index contributed by atoms with van der Waals surface area (Å²) < 4.78 is 0. The van der Waals surface area contributed by atoms with Crippen molar-refractivity contribution >= 4 is 23.4 Å². The van der Waals surface area contributed by atoms with Gasteiger partial charge in [0, 0.05) is 21.3 Å². The summed E-state index contributed by atoms with van der Waals surface area (Å²) in [7, 11) is 0. The summed E-state index contributed by atoms with van der Waals surface area (Å²) in [4.78, 5) is 9.49. The van der Waals surface area contributed by atoms with E-state index in [0.29, 0.717) is 15.7 Å². The molecule has 0 unspecified atom stereocenters. The van der Waals surface area contributed by atoms with Crippen molar-refractivity contribution < 1.29 is 0 Å². The molecule has 0 fully saturated rings. The van der Waals surface area contributed by atoms with Crippen LogP contribution in [-0.4, -0.2) is 9.97 Å². The number of benzene rings is 1. The van der Waals surface area contributed by atoms with Gasteiger partial charge in [0.05, 0.1) is 5.56 Å². The van der Waals surface area contributed by atoms with Crippen LogP contribution in [0.5, 0.6) is 0 Å². The van der Waals surface area contributed by atoms with Gasteiger partial charge in [-0.1, -0.05) is 11.6 Å². The van der Waals surface area contributed by atoms with Crippen molar-refractivity contribution in [3.8, 4) is 6.07 Å². The molecular weight excluding hydrogens is 266 g/mol. The van der Waals surface area contributed by atoms with Crippen LogP contribution in [0.25, 0.3) is 0 Å². The maximum Gasteiger partial charge on any atom is 0.192 e. The second-order valence-electron chi connectivity index (χ2n) is 3.79. The van der Waals surface area contributed by atoms with Gasteiger partial charge in [-0.15, -0.1) is 0 Å². The Kier molecular flexibility index (Phi) is 3.85. The standard InChI is InChI=1S/C13H10ClN3S/c1-8-5-9(2)17-13(16-8)18-12-4-3-11(14)6-10(12)7-15/h3-6H,1-2H3. The summed E-state index contributed by atoms with van der Waals surface area (Å²) in [6.45, 7) is 3.84. The molecule has 1 aromatic carbocycles. The van der Waals surface area contributed by atoms with Crippen molar-refractivity contribution in [3.05, 3.63) is 46.2 Å². The van der Waals surface area contributed by atoms with Crippen molar-refractivity contribution in [1.82, 2.24) is 9.97 Å². The van der Waals surface area contributed by atoms with Gasteiger partial charge in [0.2, 0.25) is 0 Å². The van der Waals surface area contributed by atoms with Crippen molar-refractivity contribution in [2.75, 3.05) is 0 Å². The van der Waals surface area contributed by atoms with Crippen LogP contribution in [-0.2, 0) is 0 Å². The van der Waals surface area contributed by atoms with Gasteiger partial charge in [-0.05, 0) is 49.9 Å². The van der Waals surface area contributed by atoms with Crippen LogP contribution in [0.4, 0.5) is 0 Å². The molecule has 2 aromatic rings. The Hall–Kier alpha value is -1.57. The van der Waals surface area contributed by atoms with Gasteiger partial charge in [-0.2, -0.15) is 5.26 Å². The minimum absolute atomic E-state index is 0.537. The van der Waals surface area contributed by atoms with Crippen molar-refractivity contribution in [1.29, 1.82) is 5.26 Å². The minimum Gasteiger partial charge on any atom is -0.228 e. The molecule has 0 aliphatic carbocycles. The zero-order chi connectivity index (χ0) is 13.1. The molecule has 0 spiro atoms. The molecule has 2 rings (SSSR count). The molecular formula is C13H10ClN3S. The highest BCUT2D eigenvalue weighted by Crippen LogP contribution is 2.29. The molecule has 5 heteroatoms. The van der Waals surface area contributed by atoms with E-state index in [1.165, 1.54) is 11.8 Å². The average molecular weight is 276 g/mol. The summed E-state index contributed by atoms with van der Waals surface area (Å²) in [5.74, 6) is 0. The monoisotopic (exact) mass is 275 g/mol. The third-order valence-corrected chi connectivity index (χ3v) is 3.40. The van der Waals surface area contributed by atoms with Crippen LogP contribution >= 0.6 is 23.4 Å². The van der Waals surface area contributed by atoms with Gasteiger partial charge >= 0.3 is 0 Å². The number of aromatic nitrogens is 2. The lowest BCUT2D eigenvalue weighted by molar-refractivity contribution is 0.902. The molecule has 0 aliphatic heterocycles. The lowest BCUT2D eigenvalue weighted by atomic mass is 10.2. The summed E-state index contributed by atoms with van der Waals surface area (Å²) in [5.41, 5.74) is 2.37. The molecule has 0 saturated carbocycles. The Labute approximate surface area is 115 Å². The predicted molar refractivity (Wildman–Crippen MR) is 71.8 cm³/mol. The fraction of sp³-hybridized carbons (Fsp3) is 0.154. The maximum atomic E-state index is 9.07. The Balaban J connectivity index is 2.37. The topological polar surface area (TPSA) is 49.6 Å². The minimum atomic E-state index is 0.537. The lowest BCUT2D eigenvalue weighted by Gasteiger charge is -2.04. The zero-order valence-corrected chi connectivity index (χ0v) is 11.5. The summed E-state index contributed by atoms with van der Waals surface area (Å²) in [6, 6.07) is 9.25. The van der Waals surface area contributed by atoms with Crippen molar-refractivity contribution in [2.24, 2.45) is 0 Å². The van der Waals surface area contributed by atoms with Gasteiger partial charge in [0.15, 0.2) is 5.16 Å². The van der Waals surface area contributed by atoms with E-state index in [2.05, 4.69) is 16.0 Å². The first kappa shape index (κ1) is 12.9. The first-order valence-electron chi connectivity index (χ1n) is 5.28. The number of halogens is 1. The molecule has 1 aromatic heterocycles. The third kappa shape index (κ3) is 3.00. The first-order valence-corrected chi connectivity index (χ1v) is 6.48. The Morgan fingerprint density at radius 3 is 2.44 bits per heavy atom. The van der Waals surface area contributed by atoms with E-state index in [4.69, 9.17) is 16.9 Å². The highest BCUT2D eigenvalue weighted by atomic mass is 35.5. The van der Waals surface area contributed by atoms with E-state index >= 15 is 0 Å². The van der Waals surface area contributed by atoms with Crippen molar-refractivity contribution in [2.45, 2.75) is 23.9 Å². The van der Waals surface area contributed by atoms with Crippen LogP contribution in [0.2, 0.25) is 5.02 Å². The van der Waals surface area contributed by atoms with E-state index < -0.39 is 0 Å². The number of nitriles is 1. The Morgan fingerprint density at radius 2 is 1.83 bits per heavy atom. The summed E-state index contributed by atoms with van der Waals surface area (Å²) in [6.07, 6.45) is 0. The largest absolute Gasteiger partial charge is 0.228 e. The predicted octanol–water partition coefficient (Wildman–Crippen LogP) is 3.77. The number of nitrogens with zero attached hydrogens (tertiary/aromatic N) is 3. The zero-order valence-electron chi connectivity index (χ0n) is 9.94. The van der Waals surface area contributed by atoms with E-state index in [1.54, 1.807) is 12.1 Å². The SMILES string of the molecule is Cc1cc(C)nc(Sc2ccc(Cl)cc2C#N)n1. The molecule has 0 amide bonds. The van der Waals surface area contributed by atoms with E-state index in [9.17, 15) is 0 Å². The maximum absolute atomic E-state index is 9.07. The molecule has 18 heavy (non-hydrogen) atoms. The fourth-order valence-electron chi connectivity index (χ4n) is 1.52. The highest BCUT2D eigenvalue weighted by molar-refractivity contribution is 7.99. The second-order valence-corrected chi connectivity index (χ2v) is 5.23. The molecule has 0 bridgehead atoms. The Bertz CT molecular complexity index is 614. The molecule has 0 saturated heterocycles. The van der Waals surface area contributed by atoms with Crippen LogP contribution in [0.3, 0.4) is 0 Å². The molecule has 0 aliphatic rings. The number of aryl methyl sites for hydroxylation is 2. The van der Waals surface area contributed by atoms with Crippen LogP contribution in [0.1, 0.15) is 17.0 Å². The van der Waals surface area contributed by atoms with E-state index in [0.717, 1.165) is 16.3 Å². The molecule has 1 heterocycles. The average Bonchev–Trinajstić information content (AvgIpc) is 2.30. The molecule has 0 atom stereocenters. The number of hydrogen-bond donors (Lipinski definition) is 0. The lowest BCUT2D eigenvalue weighted by Crippen LogP contribution is -1.93. The van der Waals surface area contributed by atoms with Crippen LogP contribution < -0.4 is 0 Å². The van der Waals surface area contributed by atoms with Gasteiger partial charge in [-0.25, -0.2) is 9.97 Å². The highest BCUT2D eigenvalue weighted by Gasteiger charge is 2.08. The third-order valence-electron chi connectivity index (χ3n) is 2.23. The number of rotatable bonds is 2.